The number of rotatable bonds is 5. The fourth-order valence-corrected chi connectivity index (χ4v) is 3.74. The Morgan fingerprint density at radius 2 is 2.15 bits per heavy atom. The van der Waals surface area contributed by atoms with E-state index in [1.165, 1.54) is 11.8 Å². The summed E-state index contributed by atoms with van der Waals surface area (Å²) in [6.07, 6.45) is 9.85. The maximum Gasteiger partial charge on any atom is 0.274 e. The molecule has 2 amide bonds. The Kier molecular flexibility index (Phi) is 6.37. The van der Waals surface area contributed by atoms with E-state index >= 15 is 0 Å². The Hall–Kier alpha value is -2.50. The quantitative estimate of drug-likeness (QED) is 0.613. The maximum absolute atomic E-state index is 13.1. The molecule has 0 aromatic carbocycles. The first-order valence-electron chi connectivity index (χ1n) is 8.87. The zero-order chi connectivity index (χ0) is 19.2. The fraction of sp³-hybridized carbons (Fsp3) is 0.421. The van der Waals surface area contributed by atoms with Crippen molar-refractivity contribution < 1.29 is 9.59 Å². The molecule has 27 heavy (non-hydrogen) atoms. The molecule has 0 atom stereocenters. The maximum atomic E-state index is 13.1. The van der Waals surface area contributed by atoms with Crippen LogP contribution in [-0.2, 0) is 4.79 Å². The molecule has 142 valence electrons. The van der Waals surface area contributed by atoms with Gasteiger partial charge in [-0.3, -0.25) is 18.9 Å². The molecule has 1 saturated heterocycles. The Labute approximate surface area is 163 Å². The van der Waals surface area contributed by atoms with Crippen LogP contribution >= 0.6 is 11.8 Å². The molecule has 2 aromatic rings. The highest BCUT2D eigenvalue weighted by atomic mass is 32.2. The average Bonchev–Trinajstić information content (AvgIpc) is 2.91. The Morgan fingerprint density at radius 3 is 2.93 bits per heavy atom. The van der Waals surface area contributed by atoms with Crippen molar-refractivity contribution in [3.05, 3.63) is 30.1 Å². The van der Waals surface area contributed by atoms with Crippen molar-refractivity contribution in [2.45, 2.75) is 11.6 Å². The molecule has 1 aliphatic rings. The van der Waals surface area contributed by atoms with Crippen molar-refractivity contribution >= 4 is 29.1 Å². The van der Waals surface area contributed by atoms with Crippen LogP contribution in [-0.4, -0.2) is 76.5 Å². The van der Waals surface area contributed by atoms with E-state index in [0.717, 1.165) is 23.6 Å². The van der Waals surface area contributed by atoms with E-state index in [2.05, 4.69) is 21.1 Å². The number of thioether (sulfide) groups is 1. The van der Waals surface area contributed by atoms with Crippen LogP contribution in [0.1, 0.15) is 16.9 Å². The summed E-state index contributed by atoms with van der Waals surface area (Å²) in [4.78, 5) is 33.4. The molecule has 0 unspecified atom stereocenters. The van der Waals surface area contributed by atoms with Gasteiger partial charge in [-0.15, -0.1) is 6.42 Å². The van der Waals surface area contributed by atoms with Crippen molar-refractivity contribution in [2.75, 3.05) is 45.5 Å². The van der Waals surface area contributed by atoms with Crippen LogP contribution < -0.4 is 5.32 Å². The molecule has 2 aromatic heterocycles. The largest absolute Gasteiger partial charge is 0.344 e. The Morgan fingerprint density at radius 1 is 1.30 bits per heavy atom. The van der Waals surface area contributed by atoms with Crippen molar-refractivity contribution in [3.63, 3.8) is 0 Å². The highest BCUT2D eigenvalue weighted by Crippen LogP contribution is 2.21. The van der Waals surface area contributed by atoms with Gasteiger partial charge < -0.3 is 10.2 Å². The summed E-state index contributed by atoms with van der Waals surface area (Å²) in [5, 5.41) is 3.48. The first-order valence-corrected chi connectivity index (χ1v) is 10.1. The van der Waals surface area contributed by atoms with Crippen LogP contribution in [0.4, 0.5) is 0 Å². The molecule has 3 rings (SSSR count). The highest BCUT2D eigenvalue weighted by molar-refractivity contribution is 7.98. The van der Waals surface area contributed by atoms with Gasteiger partial charge >= 0.3 is 0 Å². The second-order valence-electron chi connectivity index (χ2n) is 6.31. The van der Waals surface area contributed by atoms with Crippen molar-refractivity contribution in [3.8, 4) is 12.3 Å². The van der Waals surface area contributed by atoms with Gasteiger partial charge in [-0.25, -0.2) is 4.98 Å². The number of nitrogens with zero attached hydrogens (tertiary/aromatic N) is 4. The van der Waals surface area contributed by atoms with Crippen LogP contribution in [0.25, 0.3) is 5.52 Å². The molecule has 0 aliphatic carbocycles. The molecule has 1 aliphatic heterocycles. The third-order valence-electron chi connectivity index (χ3n) is 4.53. The number of pyridine rings is 1. The van der Waals surface area contributed by atoms with Gasteiger partial charge in [-0.1, -0.05) is 23.7 Å². The molecule has 8 heteroatoms. The summed E-state index contributed by atoms with van der Waals surface area (Å²) in [6, 6.07) is 5.76. The van der Waals surface area contributed by atoms with Gasteiger partial charge in [-0.05, 0) is 24.8 Å². The summed E-state index contributed by atoms with van der Waals surface area (Å²) in [6.45, 7) is 3.18. The summed E-state index contributed by atoms with van der Waals surface area (Å²) in [5.41, 5.74) is 1.31. The average molecular weight is 385 g/mol. The number of carbonyl (C=O) groups excluding carboxylic acids is 2. The van der Waals surface area contributed by atoms with Gasteiger partial charge in [0.15, 0.2) is 10.9 Å². The third kappa shape index (κ3) is 4.43. The predicted octanol–water partition coefficient (Wildman–Crippen LogP) is 0.954. The standard InChI is InChI=1S/C19H23N5O2S/c1-3-8-20-16(25)14-22-9-6-10-23(13-12-22)18(26)17-15-7-4-5-11-24(15)19(21-17)27-2/h1,4-5,7,11H,6,8-10,12-14H2,2H3,(H,20,25). The zero-order valence-electron chi connectivity index (χ0n) is 15.4. The predicted molar refractivity (Wildman–Crippen MR) is 106 cm³/mol. The number of amides is 2. The summed E-state index contributed by atoms with van der Waals surface area (Å²) >= 11 is 1.52. The minimum atomic E-state index is -0.0857. The number of fused-ring (bicyclic) bond motifs is 1. The third-order valence-corrected chi connectivity index (χ3v) is 5.18. The fourth-order valence-electron chi connectivity index (χ4n) is 3.20. The molecule has 0 radical (unpaired) electrons. The highest BCUT2D eigenvalue weighted by Gasteiger charge is 2.25. The molecular formula is C19H23N5O2S. The minimum absolute atomic E-state index is 0.0577. The van der Waals surface area contributed by atoms with Crippen molar-refractivity contribution in [1.82, 2.24) is 24.5 Å². The van der Waals surface area contributed by atoms with E-state index in [4.69, 9.17) is 6.42 Å². The van der Waals surface area contributed by atoms with Crippen LogP contribution in [0.2, 0.25) is 0 Å². The number of carbonyl (C=O) groups is 2. The number of aromatic nitrogens is 2. The van der Waals surface area contributed by atoms with Crippen LogP contribution in [0, 0.1) is 12.3 Å². The molecule has 1 N–H and O–H groups in total. The topological polar surface area (TPSA) is 70.0 Å². The summed E-state index contributed by atoms with van der Waals surface area (Å²) in [5.74, 6) is 2.25. The lowest BCUT2D eigenvalue weighted by Crippen LogP contribution is -2.40. The number of nitrogens with one attached hydrogen (secondary N) is 1. The van der Waals surface area contributed by atoms with E-state index in [0.29, 0.717) is 31.9 Å². The van der Waals surface area contributed by atoms with Crippen LogP contribution in [0.3, 0.4) is 0 Å². The number of imidazole rings is 1. The first kappa shape index (κ1) is 19.3. The van der Waals surface area contributed by atoms with E-state index in [1.54, 1.807) is 0 Å². The Balaban J connectivity index is 1.68. The lowest BCUT2D eigenvalue weighted by molar-refractivity contribution is -0.121. The summed E-state index contributed by atoms with van der Waals surface area (Å²) in [7, 11) is 0. The molecule has 0 spiro atoms. The number of hydrogen-bond donors (Lipinski definition) is 1. The van der Waals surface area contributed by atoms with E-state index in [-0.39, 0.29) is 18.4 Å². The van der Waals surface area contributed by atoms with Gasteiger partial charge in [-0.2, -0.15) is 0 Å². The molecular weight excluding hydrogens is 362 g/mol. The molecule has 7 nitrogen and oxygen atoms in total. The monoisotopic (exact) mass is 385 g/mol. The SMILES string of the molecule is C#CCNC(=O)CN1CCCN(C(=O)c2nc(SC)n3ccccc23)CC1. The van der Waals surface area contributed by atoms with Crippen LogP contribution in [0.15, 0.2) is 29.6 Å². The second-order valence-corrected chi connectivity index (χ2v) is 7.08. The molecule has 0 bridgehead atoms. The van der Waals surface area contributed by atoms with Gasteiger partial charge in [0.05, 0.1) is 18.6 Å². The smallest absolute Gasteiger partial charge is 0.274 e. The minimum Gasteiger partial charge on any atom is -0.344 e. The Bertz CT molecular complexity index is 873. The van der Waals surface area contributed by atoms with Crippen molar-refractivity contribution in [1.29, 1.82) is 0 Å². The lowest BCUT2D eigenvalue weighted by Gasteiger charge is -2.21. The molecule has 0 saturated carbocycles. The van der Waals surface area contributed by atoms with E-state index < -0.39 is 0 Å². The molecule has 1 fully saturated rings. The normalized spacial score (nSPS) is 15.3. The van der Waals surface area contributed by atoms with Gasteiger partial charge in [0, 0.05) is 32.4 Å². The molecule has 3 heterocycles. The first-order chi connectivity index (χ1) is 13.1. The summed E-state index contributed by atoms with van der Waals surface area (Å²) < 4.78 is 1.94. The zero-order valence-corrected chi connectivity index (χ0v) is 16.2. The van der Waals surface area contributed by atoms with Crippen molar-refractivity contribution in [2.24, 2.45) is 0 Å². The van der Waals surface area contributed by atoms with Gasteiger partial charge in [0.1, 0.15) is 0 Å². The van der Waals surface area contributed by atoms with E-state index in [9.17, 15) is 9.59 Å². The number of terminal acetylenes is 1. The second kappa shape index (κ2) is 8.93. The van der Waals surface area contributed by atoms with Crippen LogP contribution in [0.5, 0.6) is 0 Å². The van der Waals surface area contributed by atoms with Gasteiger partial charge in [0.2, 0.25) is 5.91 Å². The van der Waals surface area contributed by atoms with Gasteiger partial charge in [0.25, 0.3) is 5.91 Å². The number of hydrogen-bond acceptors (Lipinski definition) is 5. The lowest BCUT2D eigenvalue weighted by atomic mass is 10.3. The van der Waals surface area contributed by atoms with E-state index in [1.807, 2.05) is 40.0 Å².